The first-order chi connectivity index (χ1) is 12.6. The van der Waals surface area contributed by atoms with Crippen molar-refractivity contribution in [2.45, 2.75) is 19.9 Å². The molecule has 3 rings (SSSR count). The van der Waals surface area contributed by atoms with E-state index in [1.165, 1.54) is 0 Å². The third-order valence-corrected chi connectivity index (χ3v) is 4.48. The lowest BCUT2D eigenvalue weighted by Crippen LogP contribution is -2.27. The first-order valence-electron chi connectivity index (χ1n) is 8.55. The molecular weight excluding hydrogens is 330 g/mol. The van der Waals surface area contributed by atoms with Crippen LogP contribution in [0.3, 0.4) is 0 Å². The molecule has 0 saturated carbocycles. The molecule has 0 unspecified atom stereocenters. The molecule has 0 spiro atoms. The summed E-state index contributed by atoms with van der Waals surface area (Å²) in [6, 6.07) is 13.1. The van der Waals surface area contributed by atoms with Crippen LogP contribution in [0, 0.1) is 0 Å². The molecule has 0 aliphatic carbocycles. The number of carbonyl (C=O) groups is 1. The maximum atomic E-state index is 13.0. The average molecular weight is 353 g/mol. The molecule has 0 radical (unpaired) electrons. The summed E-state index contributed by atoms with van der Waals surface area (Å²) in [5.41, 5.74) is 2.40. The zero-order valence-electron chi connectivity index (χ0n) is 15.5. The molecule has 5 nitrogen and oxygen atoms in total. The minimum absolute atomic E-state index is 0.114. The SMILES string of the molecule is CCc1oc2ccccc2c1CN(C)C(=O)c1ccc(OC)cc1OC. The van der Waals surface area contributed by atoms with Gasteiger partial charge >= 0.3 is 0 Å². The second kappa shape index (κ2) is 7.52. The number of benzene rings is 2. The van der Waals surface area contributed by atoms with E-state index in [0.29, 0.717) is 23.6 Å². The predicted octanol–water partition coefficient (Wildman–Crippen LogP) is 4.28. The highest BCUT2D eigenvalue weighted by atomic mass is 16.5. The molecule has 0 aliphatic heterocycles. The van der Waals surface area contributed by atoms with Crippen LogP contribution in [0.1, 0.15) is 28.6 Å². The van der Waals surface area contributed by atoms with Crippen molar-refractivity contribution in [2.75, 3.05) is 21.3 Å². The predicted molar refractivity (Wildman–Crippen MR) is 101 cm³/mol. The van der Waals surface area contributed by atoms with Crippen molar-refractivity contribution in [3.8, 4) is 11.5 Å². The molecule has 0 N–H and O–H groups in total. The fraction of sp³-hybridized carbons (Fsp3) is 0.286. The maximum absolute atomic E-state index is 13.0. The van der Waals surface area contributed by atoms with E-state index in [0.717, 1.165) is 28.7 Å². The molecule has 5 heteroatoms. The molecule has 0 atom stereocenters. The number of fused-ring (bicyclic) bond motifs is 1. The van der Waals surface area contributed by atoms with Crippen molar-refractivity contribution in [1.29, 1.82) is 0 Å². The summed E-state index contributed by atoms with van der Waals surface area (Å²) in [6.07, 6.45) is 0.776. The Bertz CT molecular complexity index is 929. The van der Waals surface area contributed by atoms with Gasteiger partial charge in [0.05, 0.1) is 19.8 Å². The molecule has 0 fully saturated rings. The van der Waals surface area contributed by atoms with Crippen molar-refractivity contribution >= 4 is 16.9 Å². The van der Waals surface area contributed by atoms with E-state index >= 15 is 0 Å². The number of carbonyl (C=O) groups excluding carboxylic acids is 1. The van der Waals surface area contributed by atoms with Gasteiger partial charge in [0.25, 0.3) is 5.91 Å². The third kappa shape index (κ3) is 3.25. The Hall–Kier alpha value is -2.95. The standard InChI is InChI=1S/C21H23NO4/c1-5-18-17(15-8-6-7-9-19(15)26-18)13-22(2)21(23)16-11-10-14(24-3)12-20(16)25-4/h6-12H,5,13H2,1-4H3. The second-order valence-electron chi connectivity index (χ2n) is 6.08. The lowest BCUT2D eigenvalue weighted by atomic mass is 10.1. The molecule has 0 bridgehead atoms. The van der Waals surface area contributed by atoms with Gasteiger partial charge in [0.15, 0.2) is 0 Å². The van der Waals surface area contributed by atoms with Crippen molar-refractivity contribution in [2.24, 2.45) is 0 Å². The van der Waals surface area contributed by atoms with Crippen molar-refractivity contribution in [3.05, 3.63) is 59.4 Å². The van der Waals surface area contributed by atoms with E-state index in [1.54, 1.807) is 44.4 Å². The summed E-state index contributed by atoms with van der Waals surface area (Å²) < 4.78 is 16.5. The van der Waals surface area contributed by atoms with Crippen LogP contribution in [0.5, 0.6) is 11.5 Å². The normalized spacial score (nSPS) is 10.8. The van der Waals surface area contributed by atoms with Gasteiger partial charge in [-0.25, -0.2) is 0 Å². The van der Waals surface area contributed by atoms with Gasteiger partial charge in [0.1, 0.15) is 22.8 Å². The molecule has 0 saturated heterocycles. The Kier molecular flexibility index (Phi) is 5.16. The van der Waals surface area contributed by atoms with E-state index in [4.69, 9.17) is 13.9 Å². The molecule has 1 amide bonds. The van der Waals surface area contributed by atoms with Crippen LogP contribution in [-0.2, 0) is 13.0 Å². The summed E-state index contributed by atoms with van der Waals surface area (Å²) in [6.45, 7) is 2.52. The van der Waals surface area contributed by atoms with Gasteiger partial charge in [-0.2, -0.15) is 0 Å². The largest absolute Gasteiger partial charge is 0.497 e. The number of aryl methyl sites for hydroxylation is 1. The molecule has 0 aliphatic rings. The van der Waals surface area contributed by atoms with Gasteiger partial charge in [-0.05, 0) is 18.2 Å². The number of rotatable bonds is 6. The number of nitrogens with zero attached hydrogens (tertiary/aromatic N) is 1. The molecule has 26 heavy (non-hydrogen) atoms. The van der Waals surface area contributed by atoms with E-state index in [9.17, 15) is 4.79 Å². The van der Waals surface area contributed by atoms with Gasteiger partial charge in [0.2, 0.25) is 0 Å². The van der Waals surface area contributed by atoms with Crippen molar-refractivity contribution < 1.29 is 18.7 Å². The van der Waals surface area contributed by atoms with Crippen LogP contribution in [0.4, 0.5) is 0 Å². The topological polar surface area (TPSA) is 51.9 Å². The second-order valence-corrected chi connectivity index (χ2v) is 6.08. The van der Waals surface area contributed by atoms with Gasteiger partial charge in [-0.15, -0.1) is 0 Å². The highest BCUT2D eigenvalue weighted by Crippen LogP contribution is 2.29. The van der Waals surface area contributed by atoms with Gasteiger partial charge in [-0.3, -0.25) is 4.79 Å². The molecule has 2 aromatic carbocycles. The van der Waals surface area contributed by atoms with Gasteiger partial charge < -0.3 is 18.8 Å². The number of hydrogen-bond donors (Lipinski definition) is 0. The maximum Gasteiger partial charge on any atom is 0.257 e. The van der Waals surface area contributed by atoms with Crippen LogP contribution in [0.25, 0.3) is 11.0 Å². The van der Waals surface area contributed by atoms with E-state index < -0.39 is 0 Å². The number of amides is 1. The number of furan rings is 1. The van der Waals surface area contributed by atoms with Crippen molar-refractivity contribution in [1.82, 2.24) is 4.90 Å². The highest BCUT2D eigenvalue weighted by molar-refractivity contribution is 5.97. The van der Waals surface area contributed by atoms with Gasteiger partial charge in [-0.1, -0.05) is 25.1 Å². The smallest absolute Gasteiger partial charge is 0.257 e. The summed E-state index contributed by atoms with van der Waals surface area (Å²) >= 11 is 0. The summed E-state index contributed by atoms with van der Waals surface area (Å²) in [5, 5.41) is 1.05. The van der Waals surface area contributed by atoms with Crippen molar-refractivity contribution in [3.63, 3.8) is 0 Å². The Morgan fingerprint density at radius 1 is 1.12 bits per heavy atom. The quantitative estimate of drug-likeness (QED) is 0.663. The molecule has 136 valence electrons. The Morgan fingerprint density at radius 2 is 1.88 bits per heavy atom. The van der Waals surface area contributed by atoms with Crippen LogP contribution >= 0.6 is 0 Å². The lowest BCUT2D eigenvalue weighted by Gasteiger charge is -2.19. The van der Waals surface area contributed by atoms with Crippen LogP contribution in [0.2, 0.25) is 0 Å². The van der Waals surface area contributed by atoms with Gasteiger partial charge in [0, 0.05) is 37.0 Å². The summed E-state index contributed by atoms with van der Waals surface area (Å²) in [4.78, 5) is 14.6. The minimum atomic E-state index is -0.114. The van der Waals surface area contributed by atoms with Crippen LogP contribution < -0.4 is 9.47 Å². The fourth-order valence-corrected chi connectivity index (χ4v) is 3.10. The zero-order valence-corrected chi connectivity index (χ0v) is 15.5. The molecule has 3 aromatic rings. The fourth-order valence-electron chi connectivity index (χ4n) is 3.10. The number of methoxy groups -OCH3 is 2. The monoisotopic (exact) mass is 353 g/mol. The summed E-state index contributed by atoms with van der Waals surface area (Å²) in [5.74, 6) is 1.94. The number of ether oxygens (including phenoxy) is 2. The first-order valence-corrected chi connectivity index (χ1v) is 8.55. The summed E-state index contributed by atoms with van der Waals surface area (Å²) in [7, 11) is 4.91. The van der Waals surface area contributed by atoms with E-state index in [-0.39, 0.29) is 5.91 Å². The average Bonchev–Trinajstić information content (AvgIpc) is 3.04. The molecular formula is C21H23NO4. The van der Waals surface area contributed by atoms with Crippen LogP contribution in [-0.4, -0.2) is 32.1 Å². The van der Waals surface area contributed by atoms with E-state index in [1.807, 2.05) is 24.3 Å². The highest BCUT2D eigenvalue weighted by Gasteiger charge is 2.21. The lowest BCUT2D eigenvalue weighted by molar-refractivity contribution is 0.0781. The first kappa shape index (κ1) is 17.9. The van der Waals surface area contributed by atoms with Crippen LogP contribution in [0.15, 0.2) is 46.9 Å². The Labute approximate surface area is 153 Å². The van der Waals surface area contributed by atoms with E-state index in [2.05, 4.69) is 6.92 Å². The minimum Gasteiger partial charge on any atom is -0.497 e. The number of para-hydroxylation sites is 1. The number of hydrogen-bond acceptors (Lipinski definition) is 4. The third-order valence-electron chi connectivity index (χ3n) is 4.48. The molecule has 1 aromatic heterocycles. The molecule has 1 heterocycles. The zero-order chi connectivity index (χ0) is 18.7. The Balaban J connectivity index is 1.91. The Morgan fingerprint density at radius 3 is 2.58 bits per heavy atom.